The molecule has 0 aliphatic carbocycles. The predicted molar refractivity (Wildman–Crippen MR) is 83.1 cm³/mol. The van der Waals surface area contributed by atoms with Gasteiger partial charge in [0.05, 0.1) is 32.5 Å². The molecule has 1 fully saturated rings. The number of aliphatic hydroxyl groups excluding tert-OH is 4. The molecule has 1 aliphatic rings. The lowest BCUT2D eigenvalue weighted by atomic mass is 9.88. The molecule has 1 unspecified atom stereocenters. The second kappa shape index (κ2) is 9.22. The minimum atomic E-state index is -2.07. The van der Waals surface area contributed by atoms with Crippen LogP contribution >= 0.6 is 0 Å². The van der Waals surface area contributed by atoms with Crippen molar-refractivity contribution in [2.45, 2.75) is 49.6 Å². The van der Waals surface area contributed by atoms with Crippen molar-refractivity contribution in [1.82, 2.24) is 5.32 Å². The van der Waals surface area contributed by atoms with Gasteiger partial charge in [0.15, 0.2) is 0 Å². The van der Waals surface area contributed by atoms with Crippen molar-refractivity contribution in [2.75, 3.05) is 20.3 Å². The van der Waals surface area contributed by atoms with E-state index < -0.39 is 61.1 Å². The van der Waals surface area contributed by atoms with Crippen molar-refractivity contribution < 1.29 is 44.2 Å². The molecule has 0 bridgehead atoms. The van der Waals surface area contributed by atoms with Crippen LogP contribution in [-0.2, 0) is 23.8 Å². The molecule has 25 heavy (non-hydrogen) atoms. The van der Waals surface area contributed by atoms with Gasteiger partial charge in [-0.25, -0.2) is 4.79 Å². The Labute approximate surface area is 145 Å². The standard InChI is InChI=1S/C15H25NO9/c1-4-5-24-15(14(22)23-3)6-9(19)11(16-8(2)18)13(25-15)12(21)10(20)7-17/h4,9-13,17,19-21H,1,5-7H2,2-3H3,(H,16,18)/t9-,10-,11-,12-,13?,15-/m1/s1. The maximum absolute atomic E-state index is 12.2. The monoisotopic (exact) mass is 363 g/mol. The van der Waals surface area contributed by atoms with Gasteiger partial charge in [0.1, 0.15) is 18.3 Å². The predicted octanol–water partition coefficient (Wildman–Crippen LogP) is -2.57. The molecule has 0 saturated carbocycles. The topological polar surface area (TPSA) is 155 Å². The SMILES string of the molecule is C=CCO[C@]1(C(=O)OC)C[C@@H](O)[C@@H](NC(C)=O)C([C@H](O)[C@H](O)CO)O1. The third-order valence-corrected chi connectivity index (χ3v) is 3.79. The summed E-state index contributed by atoms with van der Waals surface area (Å²) < 4.78 is 15.6. The molecule has 0 spiro atoms. The molecule has 10 heteroatoms. The fourth-order valence-corrected chi connectivity index (χ4v) is 2.62. The number of esters is 1. The summed E-state index contributed by atoms with van der Waals surface area (Å²) >= 11 is 0. The first-order chi connectivity index (χ1) is 11.7. The molecular formula is C15H25NO9. The van der Waals surface area contributed by atoms with Crippen molar-refractivity contribution in [1.29, 1.82) is 0 Å². The summed E-state index contributed by atoms with van der Waals surface area (Å²) in [6.07, 6.45) is -5.24. The van der Waals surface area contributed by atoms with Gasteiger partial charge in [0.25, 0.3) is 5.79 Å². The van der Waals surface area contributed by atoms with Gasteiger partial charge in [0, 0.05) is 13.3 Å². The van der Waals surface area contributed by atoms with E-state index in [1.54, 1.807) is 0 Å². The van der Waals surface area contributed by atoms with Crippen molar-refractivity contribution in [2.24, 2.45) is 0 Å². The average molecular weight is 363 g/mol. The number of ether oxygens (including phenoxy) is 3. The molecule has 1 saturated heterocycles. The Kier molecular flexibility index (Phi) is 7.93. The van der Waals surface area contributed by atoms with Gasteiger partial charge in [-0.3, -0.25) is 4.79 Å². The molecule has 0 aromatic rings. The minimum absolute atomic E-state index is 0.127. The first-order valence-corrected chi connectivity index (χ1v) is 7.65. The van der Waals surface area contributed by atoms with E-state index in [1.807, 2.05) is 0 Å². The van der Waals surface area contributed by atoms with Gasteiger partial charge in [-0.1, -0.05) is 6.08 Å². The van der Waals surface area contributed by atoms with Crippen LogP contribution in [0.5, 0.6) is 0 Å². The summed E-state index contributed by atoms with van der Waals surface area (Å²) in [5, 5.41) is 41.8. The van der Waals surface area contributed by atoms with Crippen LogP contribution in [0.1, 0.15) is 13.3 Å². The van der Waals surface area contributed by atoms with Gasteiger partial charge in [0.2, 0.25) is 5.91 Å². The zero-order chi connectivity index (χ0) is 19.2. The fraction of sp³-hybridized carbons (Fsp3) is 0.733. The van der Waals surface area contributed by atoms with Crippen molar-refractivity contribution in [3.05, 3.63) is 12.7 Å². The summed E-state index contributed by atoms with van der Waals surface area (Å²) in [6, 6.07) is -1.15. The number of hydrogen-bond acceptors (Lipinski definition) is 9. The van der Waals surface area contributed by atoms with Crippen LogP contribution in [0.15, 0.2) is 12.7 Å². The van der Waals surface area contributed by atoms with Crippen LogP contribution in [0.2, 0.25) is 0 Å². The quantitative estimate of drug-likeness (QED) is 0.231. The minimum Gasteiger partial charge on any atom is -0.465 e. The summed E-state index contributed by atoms with van der Waals surface area (Å²) in [6.45, 7) is 3.72. The molecule has 6 atom stereocenters. The van der Waals surface area contributed by atoms with E-state index in [1.165, 1.54) is 13.0 Å². The Balaban J connectivity index is 3.23. The Morgan fingerprint density at radius 1 is 1.48 bits per heavy atom. The molecule has 10 nitrogen and oxygen atoms in total. The number of amides is 1. The third-order valence-electron chi connectivity index (χ3n) is 3.79. The Morgan fingerprint density at radius 3 is 2.60 bits per heavy atom. The number of carbonyl (C=O) groups excluding carboxylic acids is 2. The summed E-state index contributed by atoms with van der Waals surface area (Å²) in [4.78, 5) is 23.6. The van der Waals surface area contributed by atoms with E-state index in [0.717, 1.165) is 7.11 Å². The number of methoxy groups -OCH3 is 1. The second-order valence-corrected chi connectivity index (χ2v) is 5.66. The number of aliphatic hydroxyl groups is 4. The molecule has 1 amide bonds. The van der Waals surface area contributed by atoms with E-state index in [2.05, 4.69) is 16.6 Å². The number of nitrogens with one attached hydrogen (secondary N) is 1. The molecule has 5 N–H and O–H groups in total. The Bertz CT molecular complexity index is 486. The van der Waals surface area contributed by atoms with Crippen LogP contribution in [0.4, 0.5) is 0 Å². The van der Waals surface area contributed by atoms with Crippen molar-refractivity contribution in [3.63, 3.8) is 0 Å². The highest BCUT2D eigenvalue weighted by Crippen LogP contribution is 2.34. The molecule has 1 rings (SSSR count). The summed E-state index contributed by atoms with van der Waals surface area (Å²) in [5.74, 6) is -3.57. The van der Waals surface area contributed by atoms with Crippen LogP contribution in [0.25, 0.3) is 0 Å². The van der Waals surface area contributed by atoms with E-state index in [4.69, 9.17) is 14.6 Å². The summed E-state index contributed by atoms with van der Waals surface area (Å²) in [7, 11) is 1.09. The largest absolute Gasteiger partial charge is 0.465 e. The highest BCUT2D eigenvalue weighted by molar-refractivity contribution is 5.78. The molecule has 0 aromatic heterocycles. The van der Waals surface area contributed by atoms with Gasteiger partial charge in [-0.2, -0.15) is 0 Å². The first kappa shape index (κ1) is 21.5. The third kappa shape index (κ3) is 4.97. The van der Waals surface area contributed by atoms with E-state index in [9.17, 15) is 24.9 Å². The molecule has 1 heterocycles. The van der Waals surface area contributed by atoms with Gasteiger partial charge < -0.3 is 40.0 Å². The molecule has 1 aliphatic heterocycles. The highest BCUT2D eigenvalue weighted by Gasteiger charge is 2.56. The zero-order valence-electron chi connectivity index (χ0n) is 14.1. The van der Waals surface area contributed by atoms with Gasteiger partial charge >= 0.3 is 5.97 Å². The first-order valence-electron chi connectivity index (χ1n) is 7.65. The van der Waals surface area contributed by atoms with E-state index in [-0.39, 0.29) is 6.61 Å². The normalized spacial score (nSPS) is 31.7. The zero-order valence-corrected chi connectivity index (χ0v) is 14.1. The fourth-order valence-electron chi connectivity index (χ4n) is 2.62. The second-order valence-electron chi connectivity index (χ2n) is 5.66. The smallest absolute Gasteiger partial charge is 0.366 e. The molecule has 144 valence electrons. The lowest BCUT2D eigenvalue weighted by Gasteiger charge is -2.46. The molecular weight excluding hydrogens is 338 g/mol. The summed E-state index contributed by atoms with van der Waals surface area (Å²) in [5.41, 5.74) is 0. The average Bonchev–Trinajstić information content (AvgIpc) is 2.59. The van der Waals surface area contributed by atoms with Crippen molar-refractivity contribution >= 4 is 11.9 Å². The maximum atomic E-state index is 12.2. The van der Waals surface area contributed by atoms with Crippen molar-refractivity contribution in [3.8, 4) is 0 Å². The lowest BCUT2D eigenvalue weighted by Crippen LogP contribution is -2.68. The van der Waals surface area contributed by atoms with E-state index in [0.29, 0.717) is 0 Å². The van der Waals surface area contributed by atoms with Gasteiger partial charge in [-0.05, 0) is 0 Å². The lowest BCUT2D eigenvalue weighted by molar-refractivity contribution is -0.309. The van der Waals surface area contributed by atoms with Crippen LogP contribution in [0, 0.1) is 0 Å². The van der Waals surface area contributed by atoms with Crippen LogP contribution in [-0.4, -0.2) is 88.9 Å². The van der Waals surface area contributed by atoms with E-state index >= 15 is 0 Å². The molecule has 0 radical (unpaired) electrons. The Morgan fingerprint density at radius 2 is 2.12 bits per heavy atom. The molecule has 0 aromatic carbocycles. The highest BCUT2D eigenvalue weighted by atomic mass is 16.7. The number of rotatable bonds is 8. The number of carbonyl (C=O) groups is 2. The maximum Gasteiger partial charge on any atom is 0.366 e. The Hall–Kier alpha value is -1.56. The van der Waals surface area contributed by atoms with Crippen LogP contribution in [0.3, 0.4) is 0 Å². The van der Waals surface area contributed by atoms with Gasteiger partial charge in [-0.15, -0.1) is 6.58 Å². The van der Waals surface area contributed by atoms with Crippen LogP contribution < -0.4 is 5.32 Å². The number of hydrogen-bond donors (Lipinski definition) is 5.